The van der Waals surface area contributed by atoms with Gasteiger partial charge in [-0.1, -0.05) is 12.1 Å². The zero-order valence-electron chi connectivity index (χ0n) is 12.3. The Morgan fingerprint density at radius 2 is 1.95 bits per heavy atom. The lowest BCUT2D eigenvalue weighted by Crippen LogP contribution is -2.48. The summed E-state index contributed by atoms with van der Waals surface area (Å²) < 4.78 is 0. The number of carboxylic acids is 1. The first-order valence-electron chi connectivity index (χ1n) is 7.11. The Kier molecular flexibility index (Phi) is 4.98. The minimum atomic E-state index is -0.985. The van der Waals surface area contributed by atoms with Crippen LogP contribution >= 0.6 is 0 Å². The Balaban J connectivity index is 1.92. The highest BCUT2D eigenvalue weighted by atomic mass is 16.4. The van der Waals surface area contributed by atoms with E-state index in [9.17, 15) is 14.4 Å². The smallest absolute Gasteiger partial charge is 0.335 e. The maximum Gasteiger partial charge on any atom is 0.335 e. The maximum atomic E-state index is 12.2. The molecule has 1 fully saturated rings. The van der Waals surface area contributed by atoms with Gasteiger partial charge in [-0.3, -0.25) is 4.79 Å². The van der Waals surface area contributed by atoms with Gasteiger partial charge in [-0.2, -0.15) is 0 Å². The van der Waals surface area contributed by atoms with Gasteiger partial charge in [0.25, 0.3) is 0 Å². The van der Waals surface area contributed by atoms with Gasteiger partial charge in [0.2, 0.25) is 5.91 Å². The molecule has 0 aliphatic carbocycles. The molecule has 1 atom stereocenters. The lowest BCUT2D eigenvalue weighted by molar-refractivity contribution is -0.124. The lowest BCUT2D eigenvalue weighted by atomic mass is 10.1. The zero-order chi connectivity index (χ0) is 16.1. The monoisotopic (exact) mass is 305 g/mol. The number of likely N-dealkylation sites (tertiary alicyclic amines) is 1. The summed E-state index contributed by atoms with van der Waals surface area (Å²) in [5.41, 5.74) is 1.00. The van der Waals surface area contributed by atoms with Gasteiger partial charge in [-0.25, -0.2) is 9.59 Å². The van der Waals surface area contributed by atoms with Gasteiger partial charge in [0.1, 0.15) is 6.04 Å². The van der Waals surface area contributed by atoms with Crippen LogP contribution in [0.5, 0.6) is 0 Å². The highest BCUT2D eigenvalue weighted by Crippen LogP contribution is 2.17. The second kappa shape index (κ2) is 6.93. The third kappa shape index (κ3) is 3.55. The number of nitrogens with one attached hydrogen (secondary N) is 2. The minimum Gasteiger partial charge on any atom is -0.478 e. The maximum absolute atomic E-state index is 12.2. The molecule has 22 heavy (non-hydrogen) atoms. The van der Waals surface area contributed by atoms with E-state index in [0.29, 0.717) is 13.0 Å². The fraction of sp³-hybridized carbons (Fsp3) is 0.400. The van der Waals surface area contributed by atoms with E-state index < -0.39 is 12.0 Å². The number of amides is 3. The van der Waals surface area contributed by atoms with E-state index in [1.807, 2.05) is 0 Å². The Hall–Kier alpha value is -2.57. The average Bonchev–Trinajstić information content (AvgIpc) is 3.01. The van der Waals surface area contributed by atoms with Gasteiger partial charge in [-0.05, 0) is 30.5 Å². The average molecular weight is 305 g/mol. The molecule has 0 bridgehead atoms. The second-order valence-electron chi connectivity index (χ2n) is 5.13. The molecule has 1 unspecified atom stereocenters. The topological polar surface area (TPSA) is 98.7 Å². The first-order chi connectivity index (χ1) is 10.5. The van der Waals surface area contributed by atoms with Crippen LogP contribution < -0.4 is 10.6 Å². The van der Waals surface area contributed by atoms with Crippen LogP contribution in [-0.4, -0.2) is 47.5 Å². The van der Waals surface area contributed by atoms with Gasteiger partial charge in [0.15, 0.2) is 0 Å². The number of nitrogens with zero attached hydrogens (tertiary/aromatic N) is 1. The van der Waals surface area contributed by atoms with Crippen LogP contribution in [0.25, 0.3) is 0 Å². The minimum absolute atomic E-state index is 0.154. The molecule has 1 aromatic rings. The van der Waals surface area contributed by atoms with Crippen molar-refractivity contribution in [2.75, 3.05) is 13.6 Å². The predicted molar refractivity (Wildman–Crippen MR) is 79.4 cm³/mol. The second-order valence-corrected chi connectivity index (χ2v) is 5.13. The van der Waals surface area contributed by atoms with Crippen molar-refractivity contribution in [2.45, 2.75) is 25.4 Å². The van der Waals surface area contributed by atoms with Crippen molar-refractivity contribution < 1.29 is 19.5 Å². The lowest BCUT2D eigenvalue weighted by Gasteiger charge is -2.23. The van der Waals surface area contributed by atoms with E-state index in [1.165, 1.54) is 17.0 Å². The molecule has 3 amide bonds. The van der Waals surface area contributed by atoms with Crippen molar-refractivity contribution in [3.63, 3.8) is 0 Å². The van der Waals surface area contributed by atoms with Gasteiger partial charge in [0, 0.05) is 20.1 Å². The molecular formula is C15H19N3O4. The van der Waals surface area contributed by atoms with Crippen LogP contribution in [0.3, 0.4) is 0 Å². The first-order valence-corrected chi connectivity index (χ1v) is 7.11. The van der Waals surface area contributed by atoms with Crippen molar-refractivity contribution in [3.8, 4) is 0 Å². The number of hydrogen-bond donors (Lipinski definition) is 3. The Bertz CT molecular complexity index is 571. The van der Waals surface area contributed by atoms with E-state index in [1.54, 1.807) is 19.2 Å². The van der Waals surface area contributed by atoms with Crippen molar-refractivity contribution >= 4 is 17.9 Å². The third-order valence-electron chi connectivity index (χ3n) is 3.71. The van der Waals surface area contributed by atoms with Crippen LogP contribution in [0.4, 0.5) is 4.79 Å². The van der Waals surface area contributed by atoms with Crippen molar-refractivity contribution in [2.24, 2.45) is 0 Å². The predicted octanol–water partition coefficient (Wildman–Crippen LogP) is 0.805. The molecule has 1 aliphatic rings. The van der Waals surface area contributed by atoms with Crippen molar-refractivity contribution in [1.82, 2.24) is 15.5 Å². The number of urea groups is 1. The number of benzene rings is 1. The van der Waals surface area contributed by atoms with Crippen LogP contribution in [0.15, 0.2) is 24.3 Å². The molecule has 0 saturated carbocycles. The molecule has 0 aromatic heterocycles. The summed E-state index contributed by atoms with van der Waals surface area (Å²) in [7, 11) is 1.56. The highest BCUT2D eigenvalue weighted by Gasteiger charge is 2.33. The van der Waals surface area contributed by atoms with Crippen molar-refractivity contribution in [3.05, 3.63) is 35.4 Å². The molecule has 7 nitrogen and oxygen atoms in total. The number of likely N-dealkylation sites (N-methyl/N-ethyl adjacent to an activating group) is 1. The van der Waals surface area contributed by atoms with E-state index in [0.717, 1.165) is 12.0 Å². The molecule has 1 aliphatic heterocycles. The number of carbonyl (C=O) groups is 3. The number of aromatic carboxylic acids is 1. The zero-order valence-corrected chi connectivity index (χ0v) is 12.3. The summed E-state index contributed by atoms with van der Waals surface area (Å²) in [6, 6.07) is 5.60. The summed E-state index contributed by atoms with van der Waals surface area (Å²) in [5, 5.41) is 14.2. The Morgan fingerprint density at radius 1 is 1.27 bits per heavy atom. The summed E-state index contributed by atoms with van der Waals surface area (Å²) in [6.45, 7) is 0.845. The number of carbonyl (C=O) groups excluding carboxylic acids is 2. The molecule has 2 rings (SSSR count). The summed E-state index contributed by atoms with van der Waals surface area (Å²) >= 11 is 0. The van der Waals surface area contributed by atoms with E-state index in [4.69, 9.17) is 5.11 Å². The fourth-order valence-electron chi connectivity index (χ4n) is 2.49. The van der Waals surface area contributed by atoms with Crippen LogP contribution in [0, 0.1) is 0 Å². The van der Waals surface area contributed by atoms with Gasteiger partial charge in [-0.15, -0.1) is 0 Å². The van der Waals surface area contributed by atoms with Crippen LogP contribution in [-0.2, 0) is 11.3 Å². The highest BCUT2D eigenvalue weighted by molar-refractivity contribution is 5.88. The molecule has 0 spiro atoms. The van der Waals surface area contributed by atoms with Gasteiger partial charge < -0.3 is 20.6 Å². The van der Waals surface area contributed by atoms with E-state index >= 15 is 0 Å². The largest absolute Gasteiger partial charge is 0.478 e. The third-order valence-corrected chi connectivity index (χ3v) is 3.71. The summed E-state index contributed by atoms with van der Waals surface area (Å²) in [5.74, 6) is -1.14. The molecule has 1 saturated heterocycles. The normalized spacial score (nSPS) is 17.1. The van der Waals surface area contributed by atoms with Crippen LogP contribution in [0.2, 0.25) is 0 Å². The SMILES string of the molecule is CNC(=O)C1CCCN1C(=O)NCc1ccc(C(=O)O)cc1. The molecule has 7 heteroatoms. The molecule has 1 heterocycles. The fourth-order valence-corrected chi connectivity index (χ4v) is 2.49. The van der Waals surface area contributed by atoms with Crippen LogP contribution in [0.1, 0.15) is 28.8 Å². The Morgan fingerprint density at radius 3 is 2.55 bits per heavy atom. The first kappa shape index (κ1) is 15.8. The van der Waals surface area contributed by atoms with Crippen molar-refractivity contribution in [1.29, 1.82) is 0 Å². The van der Waals surface area contributed by atoms with Gasteiger partial charge >= 0.3 is 12.0 Å². The molecule has 3 N–H and O–H groups in total. The molecule has 1 aromatic carbocycles. The molecule has 118 valence electrons. The van der Waals surface area contributed by atoms with E-state index in [-0.39, 0.29) is 24.0 Å². The Labute approximate surface area is 128 Å². The standard InChI is InChI=1S/C15H19N3O4/c1-16-13(19)12-3-2-8-18(12)15(22)17-9-10-4-6-11(7-5-10)14(20)21/h4-7,12H,2-3,8-9H2,1H3,(H,16,19)(H,17,22)(H,20,21). The summed E-state index contributed by atoms with van der Waals surface area (Å²) in [6.07, 6.45) is 1.47. The quantitative estimate of drug-likeness (QED) is 0.766. The molecular weight excluding hydrogens is 286 g/mol. The summed E-state index contributed by atoms with van der Waals surface area (Å²) in [4.78, 5) is 36.2. The number of hydrogen-bond acceptors (Lipinski definition) is 3. The molecule has 0 radical (unpaired) electrons. The number of carboxylic acid groups (broad SMARTS) is 1. The number of rotatable bonds is 4. The van der Waals surface area contributed by atoms with E-state index in [2.05, 4.69) is 10.6 Å². The van der Waals surface area contributed by atoms with Gasteiger partial charge in [0.05, 0.1) is 5.56 Å².